The summed E-state index contributed by atoms with van der Waals surface area (Å²) >= 11 is 2.80. The second-order valence-corrected chi connectivity index (χ2v) is 12.3. The molecule has 39 heavy (non-hydrogen) atoms. The highest BCUT2D eigenvalue weighted by molar-refractivity contribution is 7.86. The van der Waals surface area contributed by atoms with Crippen molar-refractivity contribution < 1.29 is 17.8 Å². The van der Waals surface area contributed by atoms with Gasteiger partial charge < -0.3 is 6.15 Å². The van der Waals surface area contributed by atoms with Crippen LogP contribution >= 0.6 is 22.7 Å². The number of aryl methyl sites for hydroxylation is 1. The van der Waals surface area contributed by atoms with Crippen molar-refractivity contribution >= 4 is 59.0 Å². The number of fused-ring (bicyclic) bond motifs is 2. The molecule has 2 heterocycles. The summed E-state index contributed by atoms with van der Waals surface area (Å²) in [4.78, 5) is 21.8. The Hall–Kier alpha value is -3.80. The molecule has 10 heteroatoms. The van der Waals surface area contributed by atoms with Crippen LogP contribution in [0.25, 0.3) is 41.6 Å². The minimum Gasteiger partial charge on any atom is -0.344 e. The van der Waals surface area contributed by atoms with Crippen molar-refractivity contribution in [3.63, 3.8) is 0 Å². The lowest BCUT2D eigenvalue weighted by Crippen LogP contribution is -2.02. The summed E-state index contributed by atoms with van der Waals surface area (Å²) in [6.45, 7) is 1.65. The largest absolute Gasteiger partial charge is 0.344 e. The van der Waals surface area contributed by atoms with Crippen molar-refractivity contribution in [1.29, 1.82) is 0 Å². The zero-order valence-corrected chi connectivity index (χ0v) is 23.2. The van der Waals surface area contributed by atoms with Crippen molar-refractivity contribution in [1.82, 2.24) is 16.1 Å². The first kappa shape index (κ1) is 26.8. The van der Waals surface area contributed by atoms with Gasteiger partial charge in [-0.25, -0.2) is 9.97 Å². The topological polar surface area (TPSA) is 132 Å². The van der Waals surface area contributed by atoms with Gasteiger partial charge in [0.2, 0.25) is 0 Å². The van der Waals surface area contributed by atoms with Crippen LogP contribution in [0.4, 0.5) is 0 Å². The molecule has 0 unspecified atom stereocenters. The van der Waals surface area contributed by atoms with Crippen LogP contribution in [0.3, 0.4) is 0 Å². The van der Waals surface area contributed by atoms with E-state index in [1.165, 1.54) is 11.3 Å². The van der Waals surface area contributed by atoms with Gasteiger partial charge in [0.05, 0.1) is 20.4 Å². The number of aromatic nitrogens is 2. The van der Waals surface area contributed by atoms with Gasteiger partial charge in [-0.15, -0.1) is 22.7 Å². The first-order valence-electron chi connectivity index (χ1n) is 11.7. The molecule has 4 aromatic carbocycles. The summed E-state index contributed by atoms with van der Waals surface area (Å²) < 4.78 is 35.1. The Balaban J connectivity index is 0.00000308. The molecule has 4 N–H and O–H groups in total. The average molecular weight is 574 g/mol. The molecule has 0 aliphatic carbocycles. The molecule has 0 bridgehead atoms. The minimum atomic E-state index is -4.37. The van der Waals surface area contributed by atoms with Crippen molar-refractivity contribution in [3.05, 3.63) is 102 Å². The van der Waals surface area contributed by atoms with Crippen molar-refractivity contribution in [2.45, 2.75) is 18.2 Å². The fourth-order valence-electron chi connectivity index (χ4n) is 4.37. The number of rotatable bonds is 6. The molecule has 196 valence electrons. The van der Waals surface area contributed by atoms with E-state index in [2.05, 4.69) is 4.98 Å². The van der Waals surface area contributed by atoms with Gasteiger partial charge in [0, 0.05) is 23.1 Å². The van der Waals surface area contributed by atoms with E-state index in [9.17, 15) is 17.8 Å². The van der Waals surface area contributed by atoms with Crippen LogP contribution in [0.15, 0.2) is 89.8 Å². The molecular formula is C29H23N3O4S3. The molecular weight excluding hydrogens is 551 g/mol. The number of ketones is 1. The first-order chi connectivity index (χ1) is 18.3. The van der Waals surface area contributed by atoms with E-state index in [1.807, 2.05) is 72.8 Å². The zero-order valence-electron chi connectivity index (χ0n) is 20.8. The highest BCUT2D eigenvalue weighted by Gasteiger charge is 2.21. The Kier molecular flexibility index (Phi) is 7.15. The first-order valence-corrected chi connectivity index (χ1v) is 14.8. The number of hydrogen-bond donors (Lipinski definition) is 2. The summed E-state index contributed by atoms with van der Waals surface area (Å²) in [5, 5.41) is 1.53. The number of thiazole rings is 2. The molecule has 0 aliphatic rings. The highest BCUT2D eigenvalue weighted by atomic mass is 32.2. The molecule has 0 atom stereocenters. The highest BCUT2D eigenvalue weighted by Crippen LogP contribution is 2.38. The summed E-state index contributed by atoms with van der Waals surface area (Å²) in [6, 6.07) is 26.4. The molecule has 6 aromatic rings. The molecule has 7 nitrogen and oxygen atoms in total. The molecule has 2 aromatic heterocycles. The second-order valence-electron chi connectivity index (χ2n) is 8.92. The van der Waals surface area contributed by atoms with Crippen LogP contribution < -0.4 is 6.15 Å². The van der Waals surface area contributed by atoms with E-state index in [4.69, 9.17) is 4.98 Å². The maximum absolute atomic E-state index is 12.5. The summed E-state index contributed by atoms with van der Waals surface area (Å²) in [5.41, 5.74) is 5.33. The van der Waals surface area contributed by atoms with Crippen LogP contribution in [-0.2, 0) is 16.5 Å². The number of nitrogens with zero attached hydrogens (tertiary/aromatic N) is 2. The monoisotopic (exact) mass is 573 g/mol. The summed E-state index contributed by atoms with van der Waals surface area (Å²) in [5.74, 6) is 0.0829. The van der Waals surface area contributed by atoms with Gasteiger partial charge in [-0.1, -0.05) is 60.7 Å². The van der Waals surface area contributed by atoms with E-state index in [0.29, 0.717) is 32.8 Å². The molecule has 0 spiro atoms. The normalized spacial score (nSPS) is 11.5. The smallest absolute Gasteiger partial charge is 0.296 e. The molecule has 0 saturated carbocycles. The van der Waals surface area contributed by atoms with E-state index in [0.717, 1.165) is 31.9 Å². The average Bonchev–Trinajstić information content (AvgIpc) is 3.52. The van der Waals surface area contributed by atoms with E-state index in [1.54, 1.807) is 30.4 Å². The van der Waals surface area contributed by atoms with Gasteiger partial charge in [0.15, 0.2) is 5.78 Å². The standard InChI is InChI=1S/C29H20N2O4S3.H3N/c1-17-7-13-23-26(27(17)38(33,34)35)37-29(31-23)21-12-14-22-25(16-21)36-28(30-22)20-10-8-18(9-11-20)15-24(32)19-5-3-2-4-6-19;/h2-14,16H,15H2,1H3,(H,33,34,35);1H3. The predicted molar refractivity (Wildman–Crippen MR) is 158 cm³/mol. The number of benzene rings is 4. The van der Waals surface area contributed by atoms with Crippen LogP contribution in [0.5, 0.6) is 0 Å². The fraction of sp³-hybridized carbons (Fsp3) is 0.0690. The summed E-state index contributed by atoms with van der Waals surface area (Å²) in [6.07, 6.45) is 0.342. The van der Waals surface area contributed by atoms with E-state index in [-0.39, 0.29) is 16.8 Å². The third-order valence-corrected chi connectivity index (χ3v) is 9.64. The second kappa shape index (κ2) is 10.4. The Labute approximate surface area is 233 Å². The van der Waals surface area contributed by atoms with E-state index >= 15 is 0 Å². The third kappa shape index (κ3) is 5.25. The van der Waals surface area contributed by atoms with E-state index < -0.39 is 10.1 Å². The lowest BCUT2D eigenvalue weighted by Gasteiger charge is -2.03. The predicted octanol–water partition coefficient (Wildman–Crippen LogP) is 7.38. The van der Waals surface area contributed by atoms with Crippen molar-refractivity contribution in [2.75, 3.05) is 0 Å². The Bertz CT molecular complexity index is 1950. The minimum absolute atomic E-state index is 0. The van der Waals surface area contributed by atoms with Crippen LogP contribution in [0, 0.1) is 6.92 Å². The maximum atomic E-state index is 12.5. The van der Waals surface area contributed by atoms with Gasteiger partial charge in [-0.2, -0.15) is 8.42 Å². The number of Topliss-reactive ketones (excluding diaryl/α,β-unsaturated/α-hetero) is 1. The van der Waals surface area contributed by atoms with Gasteiger partial charge in [0.25, 0.3) is 10.1 Å². The van der Waals surface area contributed by atoms with Gasteiger partial charge in [0.1, 0.15) is 14.9 Å². The van der Waals surface area contributed by atoms with Crippen LogP contribution in [0.2, 0.25) is 0 Å². The van der Waals surface area contributed by atoms with Crippen LogP contribution in [0.1, 0.15) is 21.5 Å². The Morgan fingerprint density at radius 3 is 2.18 bits per heavy atom. The van der Waals surface area contributed by atoms with Crippen LogP contribution in [-0.4, -0.2) is 28.7 Å². The lowest BCUT2D eigenvalue weighted by molar-refractivity contribution is 0.0993. The number of carbonyl (C=O) groups is 1. The maximum Gasteiger partial charge on any atom is 0.296 e. The SMILES string of the molecule is Cc1ccc2nc(-c3ccc4nc(-c5ccc(CC(=O)c6ccccc6)cc5)sc4c3)sc2c1S(=O)(=O)O.N. The fourth-order valence-corrected chi connectivity index (χ4v) is 7.69. The zero-order chi connectivity index (χ0) is 26.4. The molecule has 0 fully saturated rings. The Morgan fingerprint density at radius 2 is 1.46 bits per heavy atom. The van der Waals surface area contributed by atoms with Gasteiger partial charge >= 0.3 is 0 Å². The molecule has 0 saturated heterocycles. The molecule has 0 amide bonds. The van der Waals surface area contributed by atoms with Gasteiger partial charge in [-0.05, 0) is 42.3 Å². The molecule has 6 rings (SSSR count). The molecule has 0 aliphatic heterocycles. The Morgan fingerprint density at radius 1 is 0.821 bits per heavy atom. The third-order valence-electron chi connectivity index (χ3n) is 6.26. The summed E-state index contributed by atoms with van der Waals surface area (Å²) in [7, 11) is -4.37. The lowest BCUT2D eigenvalue weighted by atomic mass is 10.0. The number of carbonyl (C=O) groups excluding carboxylic acids is 1. The quantitative estimate of drug-likeness (QED) is 0.157. The van der Waals surface area contributed by atoms with Crippen molar-refractivity contribution in [2.24, 2.45) is 0 Å². The molecule has 0 radical (unpaired) electrons. The number of hydrogen-bond acceptors (Lipinski definition) is 8. The van der Waals surface area contributed by atoms with Gasteiger partial charge in [-0.3, -0.25) is 9.35 Å². The van der Waals surface area contributed by atoms with Crippen molar-refractivity contribution in [3.8, 4) is 21.1 Å².